The van der Waals surface area contributed by atoms with Crippen LogP contribution in [0.3, 0.4) is 0 Å². The zero-order valence-electron chi connectivity index (χ0n) is 13.1. The second-order valence-corrected chi connectivity index (χ2v) is 6.95. The molecule has 2 aromatic heterocycles. The lowest BCUT2D eigenvalue weighted by molar-refractivity contribution is 0.0984. The van der Waals surface area contributed by atoms with Crippen LogP contribution in [0.5, 0.6) is 5.75 Å². The van der Waals surface area contributed by atoms with Gasteiger partial charge in [-0.3, -0.25) is 9.52 Å². The van der Waals surface area contributed by atoms with Crippen molar-refractivity contribution >= 4 is 40.5 Å². The summed E-state index contributed by atoms with van der Waals surface area (Å²) in [6, 6.07) is 7.02. The number of H-pyrrole nitrogens is 1. The number of pyridine rings is 1. The Morgan fingerprint density at radius 1 is 1.44 bits per heavy atom. The third kappa shape index (κ3) is 3.06. The number of nitrogens with zero attached hydrogens (tertiary/aromatic N) is 1. The number of aromatic amines is 1. The fourth-order valence-corrected chi connectivity index (χ4v) is 3.76. The number of nitrogens with one attached hydrogen (secondary N) is 2. The van der Waals surface area contributed by atoms with Crippen LogP contribution in [0.4, 0.5) is 0 Å². The molecule has 3 aromatic rings. The quantitative estimate of drug-likeness (QED) is 0.611. The number of nitrogens with two attached hydrogens (primary N) is 1. The lowest BCUT2D eigenvalue weighted by Crippen LogP contribution is -2.22. The van der Waals surface area contributed by atoms with E-state index in [0.29, 0.717) is 22.9 Å². The SMILES string of the molecule is N[C@H]1CCOc2cc(C(=O)NSc3ccnc4[nH]ccc34)c(Cl)cc21. The highest BCUT2D eigenvalue weighted by atomic mass is 35.5. The molecule has 3 heterocycles. The van der Waals surface area contributed by atoms with E-state index in [0.717, 1.165) is 27.9 Å². The largest absolute Gasteiger partial charge is 0.493 e. The fraction of sp³-hybridized carbons (Fsp3) is 0.176. The molecule has 0 aliphatic carbocycles. The molecule has 0 saturated heterocycles. The molecule has 25 heavy (non-hydrogen) atoms. The maximum Gasteiger partial charge on any atom is 0.263 e. The number of ether oxygens (including phenoxy) is 1. The first kappa shape index (κ1) is 16.3. The summed E-state index contributed by atoms with van der Waals surface area (Å²) in [5.41, 5.74) is 8.04. The summed E-state index contributed by atoms with van der Waals surface area (Å²) in [5.74, 6) is 0.330. The molecule has 6 nitrogen and oxygen atoms in total. The molecule has 0 spiro atoms. The minimum absolute atomic E-state index is 0.119. The van der Waals surface area contributed by atoms with Gasteiger partial charge in [0.05, 0.1) is 17.2 Å². The van der Waals surface area contributed by atoms with E-state index in [1.54, 1.807) is 18.3 Å². The van der Waals surface area contributed by atoms with Gasteiger partial charge < -0.3 is 15.5 Å². The van der Waals surface area contributed by atoms with E-state index in [1.165, 1.54) is 11.9 Å². The number of benzene rings is 1. The van der Waals surface area contributed by atoms with E-state index in [4.69, 9.17) is 22.1 Å². The van der Waals surface area contributed by atoms with Gasteiger partial charge in [0, 0.05) is 40.7 Å². The normalized spacial score (nSPS) is 16.3. The molecule has 1 aromatic carbocycles. The molecule has 1 amide bonds. The van der Waals surface area contributed by atoms with Crippen LogP contribution in [0, 0.1) is 0 Å². The molecule has 0 saturated carbocycles. The molecule has 4 N–H and O–H groups in total. The van der Waals surface area contributed by atoms with Gasteiger partial charge in [0.15, 0.2) is 0 Å². The van der Waals surface area contributed by atoms with Gasteiger partial charge in [-0.2, -0.15) is 0 Å². The van der Waals surface area contributed by atoms with Crippen molar-refractivity contribution in [2.24, 2.45) is 5.73 Å². The van der Waals surface area contributed by atoms with Crippen molar-refractivity contribution < 1.29 is 9.53 Å². The van der Waals surface area contributed by atoms with Gasteiger partial charge in [0.2, 0.25) is 0 Å². The highest BCUT2D eigenvalue weighted by Gasteiger charge is 2.22. The van der Waals surface area contributed by atoms with E-state index in [9.17, 15) is 4.79 Å². The first-order valence-corrected chi connectivity index (χ1v) is 8.94. The van der Waals surface area contributed by atoms with E-state index >= 15 is 0 Å². The van der Waals surface area contributed by atoms with E-state index in [-0.39, 0.29) is 11.9 Å². The van der Waals surface area contributed by atoms with Gasteiger partial charge in [-0.1, -0.05) is 11.6 Å². The maximum atomic E-state index is 12.6. The summed E-state index contributed by atoms with van der Waals surface area (Å²) < 4.78 is 8.43. The van der Waals surface area contributed by atoms with Crippen molar-refractivity contribution in [1.29, 1.82) is 0 Å². The van der Waals surface area contributed by atoms with Crippen molar-refractivity contribution in [2.45, 2.75) is 17.4 Å². The van der Waals surface area contributed by atoms with Crippen molar-refractivity contribution in [3.05, 3.63) is 52.8 Å². The molecule has 0 fully saturated rings. The summed E-state index contributed by atoms with van der Waals surface area (Å²) in [5, 5.41) is 1.30. The topological polar surface area (TPSA) is 93.0 Å². The number of carbonyl (C=O) groups is 1. The molecule has 1 aliphatic rings. The minimum Gasteiger partial charge on any atom is -0.493 e. The van der Waals surface area contributed by atoms with Crippen LogP contribution in [-0.2, 0) is 0 Å². The number of aromatic nitrogens is 2. The number of carbonyl (C=O) groups excluding carboxylic acids is 1. The standard InChI is InChI=1S/C17H15ClN4O2S/c18-12-7-11-13(19)3-6-24-14(11)8-10(12)17(23)22-25-15-2-5-21-16-9(15)1-4-20-16/h1-2,4-5,7-8,13H,3,6,19H2,(H,20,21)(H,22,23)/t13-/m0/s1. The van der Waals surface area contributed by atoms with Crippen molar-refractivity contribution in [3.63, 3.8) is 0 Å². The second-order valence-electron chi connectivity index (χ2n) is 5.70. The smallest absolute Gasteiger partial charge is 0.263 e. The molecule has 0 unspecified atom stereocenters. The van der Waals surface area contributed by atoms with E-state index in [1.807, 2.05) is 18.3 Å². The number of hydrogen-bond acceptors (Lipinski definition) is 5. The highest BCUT2D eigenvalue weighted by Crippen LogP contribution is 2.35. The molecule has 0 bridgehead atoms. The summed E-state index contributed by atoms with van der Waals surface area (Å²) in [4.78, 5) is 20.7. The van der Waals surface area contributed by atoms with Crippen LogP contribution >= 0.6 is 23.5 Å². The summed E-state index contributed by atoms with van der Waals surface area (Å²) in [6.07, 6.45) is 4.23. The van der Waals surface area contributed by atoms with Gasteiger partial charge in [-0.15, -0.1) is 0 Å². The minimum atomic E-state index is -0.291. The van der Waals surface area contributed by atoms with Gasteiger partial charge in [0.1, 0.15) is 11.4 Å². The molecule has 0 radical (unpaired) electrons. The van der Waals surface area contributed by atoms with Crippen LogP contribution in [0.25, 0.3) is 11.0 Å². The summed E-state index contributed by atoms with van der Waals surface area (Å²) >= 11 is 7.50. The predicted octanol–water partition coefficient (Wildman–Crippen LogP) is 3.44. The fourth-order valence-electron chi connectivity index (χ4n) is 2.79. The Kier molecular flexibility index (Phi) is 4.29. The van der Waals surface area contributed by atoms with Crippen LogP contribution < -0.4 is 15.2 Å². The number of amides is 1. The Morgan fingerprint density at radius 3 is 3.20 bits per heavy atom. The predicted molar refractivity (Wildman–Crippen MR) is 97.9 cm³/mol. The molecular weight excluding hydrogens is 360 g/mol. The van der Waals surface area contributed by atoms with Crippen molar-refractivity contribution in [1.82, 2.24) is 14.7 Å². The van der Waals surface area contributed by atoms with E-state index in [2.05, 4.69) is 14.7 Å². The van der Waals surface area contributed by atoms with Crippen LogP contribution in [0.1, 0.15) is 28.4 Å². The van der Waals surface area contributed by atoms with E-state index < -0.39 is 0 Å². The summed E-state index contributed by atoms with van der Waals surface area (Å²) in [6.45, 7) is 0.536. The third-order valence-corrected chi connectivity index (χ3v) is 5.28. The molecular formula is C17H15ClN4O2S. The number of halogens is 1. The average molecular weight is 375 g/mol. The number of hydrogen-bond donors (Lipinski definition) is 3. The first-order valence-electron chi connectivity index (χ1n) is 7.74. The highest BCUT2D eigenvalue weighted by molar-refractivity contribution is 7.98. The average Bonchev–Trinajstić information content (AvgIpc) is 3.09. The third-order valence-electron chi connectivity index (χ3n) is 4.10. The molecule has 128 valence electrons. The molecule has 8 heteroatoms. The maximum absolute atomic E-state index is 12.6. The summed E-state index contributed by atoms with van der Waals surface area (Å²) in [7, 11) is 0. The number of fused-ring (bicyclic) bond motifs is 2. The van der Waals surface area contributed by atoms with Crippen LogP contribution in [-0.4, -0.2) is 22.5 Å². The second kappa shape index (κ2) is 6.59. The zero-order valence-corrected chi connectivity index (χ0v) is 14.7. The molecule has 1 aliphatic heterocycles. The van der Waals surface area contributed by atoms with Crippen molar-refractivity contribution in [2.75, 3.05) is 6.61 Å². The molecule has 4 rings (SSSR count). The van der Waals surface area contributed by atoms with Crippen LogP contribution in [0.2, 0.25) is 5.02 Å². The Morgan fingerprint density at radius 2 is 2.32 bits per heavy atom. The van der Waals surface area contributed by atoms with Crippen molar-refractivity contribution in [3.8, 4) is 5.75 Å². The Hall–Kier alpha value is -2.22. The monoisotopic (exact) mass is 374 g/mol. The van der Waals surface area contributed by atoms with Gasteiger partial charge >= 0.3 is 0 Å². The Balaban J connectivity index is 1.56. The van der Waals surface area contributed by atoms with Gasteiger partial charge in [0.25, 0.3) is 5.91 Å². The van der Waals surface area contributed by atoms with Gasteiger partial charge in [-0.25, -0.2) is 4.98 Å². The lowest BCUT2D eigenvalue weighted by Gasteiger charge is -2.23. The lowest BCUT2D eigenvalue weighted by atomic mass is 9.99. The Labute approximate surface area is 153 Å². The number of rotatable bonds is 3. The molecule has 1 atom stereocenters. The first-order chi connectivity index (χ1) is 12.1. The zero-order chi connectivity index (χ0) is 17.4. The van der Waals surface area contributed by atoms with Crippen LogP contribution in [0.15, 0.2) is 41.6 Å². The van der Waals surface area contributed by atoms with Gasteiger partial charge in [-0.05, 0) is 36.2 Å². The Bertz CT molecular complexity index is 959.